The summed E-state index contributed by atoms with van der Waals surface area (Å²) in [4.78, 5) is 104. The Labute approximate surface area is 306 Å². The first kappa shape index (κ1) is 45.7. The molecule has 0 aliphatic carbocycles. The minimum atomic E-state index is -1.61. The first-order valence-corrected chi connectivity index (χ1v) is 18.2. The molecule has 1 saturated heterocycles. The minimum Gasteiger partial charge on any atom is -0.481 e. The molecule has 8 atom stereocenters. The summed E-state index contributed by atoms with van der Waals surface area (Å²) >= 11 is 0. The van der Waals surface area contributed by atoms with E-state index >= 15 is 0 Å². The minimum absolute atomic E-state index is 0.117. The Morgan fingerprint density at radius 1 is 0.731 bits per heavy atom. The van der Waals surface area contributed by atoms with Crippen LogP contribution in [0.25, 0.3) is 0 Å². The third kappa shape index (κ3) is 14.8. The van der Waals surface area contributed by atoms with Crippen molar-refractivity contribution in [3.05, 3.63) is 0 Å². The number of likely N-dealkylation sites (tertiary alicyclic amines) is 1. The van der Waals surface area contributed by atoms with Gasteiger partial charge in [0.2, 0.25) is 35.4 Å². The number of aliphatic carboxylic acids is 2. The summed E-state index contributed by atoms with van der Waals surface area (Å²) < 4.78 is 0. The van der Waals surface area contributed by atoms with E-state index in [0.717, 1.165) is 0 Å². The van der Waals surface area contributed by atoms with E-state index in [1.807, 2.05) is 27.7 Å². The molecule has 1 heterocycles. The Morgan fingerprint density at radius 3 is 1.81 bits per heavy atom. The van der Waals surface area contributed by atoms with Crippen LogP contribution in [-0.4, -0.2) is 112 Å². The van der Waals surface area contributed by atoms with Gasteiger partial charge in [0.1, 0.15) is 30.2 Å². The van der Waals surface area contributed by atoms with Gasteiger partial charge in [-0.3, -0.25) is 33.6 Å². The fraction of sp³-hybridized carbons (Fsp3) is 0.771. The Balaban J connectivity index is 3.14. The molecule has 17 heteroatoms. The monoisotopic (exact) mass is 739 g/mol. The number of nitrogens with two attached hydrogens (primary N) is 1. The highest BCUT2D eigenvalue weighted by molar-refractivity contribution is 5.97. The number of carboxylic acids is 2. The van der Waals surface area contributed by atoms with Gasteiger partial charge in [-0.25, -0.2) is 4.79 Å². The first-order chi connectivity index (χ1) is 24.2. The van der Waals surface area contributed by atoms with Crippen molar-refractivity contribution in [2.45, 2.75) is 137 Å². The molecule has 0 bridgehead atoms. The maximum atomic E-state index is 13.9. The average molecular weight is 740 g/mol. The van der Waals surface area contributed by atoms with Crippen molar-refractivity contribution in [1.29, 1.82) is 0 Å². The molecule has 0 aromatic carbocycles. The Hall–Kier alpha value is -4.28. The van der Waals surface area contributed by atoms with E-state index < -0.39 is 103 Å². The SMILES string of the molecule is CC[C@H](C)[C@H](NC(=O)CNC(=O)[C@@H]1CCCN1C(=O)[C@H](CC(C)C)NC(=O)[C@H](CC(=O)O)NC(=O)[C@@H](NC(=O)[C@@H](N)CC(C)C)[C@@H](C)CC)C(=O)O. The maximum absolute atomic E-state index is 13.9. The molecule has 1 aliphatic heterocycles. The van der Waals surface area contributed by atoms with Gasteiger partial charge in [-0.05, 0) is 49.4 Å². The molecule has 0 radical (unpaired) electrons. The molecule has 6 amide bonds. The van der Waals surface area contributed by atoms with Crippen LogP contribution in [0.15, 0.2) is 0 Å². The predicted octanol–water partition coefficient (Wildman–Crippen LogP) is 0.104. The molecule has 0 unspecified atom stereocenters. The van der Waals surface area contributed by atoms with Gasteiger partial charge >= 0.3 is 11.9 Å². The van der Waals surface area contributed by atoms with Crippen molar-refractivity contribution < 1.29 is 48.6 Å². The van der Waals surface area contributed by atoms with E-state index in [9.17, 15) is 48.6 Å². The van der Waals surface area contributed by atoms with Gasteiger partial charge in [-0.15, -0.1) is 0 Å². The molecule has 1 fully saturated rings. The number of carbonyl (C=O) groups excluding carboxylic acids is 6. The number of hydrogen-bond donors (Lipinski definition) is 8. The summed E-state index contributed by atoms with van der Waals surface area (Å²) in [7, 11) is 0. The highest BCUT2D eigenvalue weighted by atomic mass is 16.4. The van der Waals surface area contributed by atoms with Crippen molar-refractivity contribution in [2.24, 2.45) is 29.4 Å². The van der Waals surface area contributed by atoms with Crippen LogP contribution in [0.3, 0.4) is 0 Å². The zero-order valence-electron chi connectivity index (χ0n) is 31.8. The Morgan fingerprint density at radius 2 is 1.29 bits per heavy atom. The average Bonchev–Trinajstić information content (AvgIpc) is 3.56. The summed E-state index contributed by atoms with van der Waals surface area (Å²) in [6, 6.07) is -6.92. The topological polar surface area (TPSA) is 266 Å². The summed E-state index contributed by atoms with van der Waals surface area (Å²) in [5.41, 5.74) is 6.01. The van der Waals surface area contributed by atoms with Gasteiger partial charge < -0.3 is 47.4 Å². The zero-order valence-corrected chi connectivity index (χ0v) is 31.8. The summed E-state index contributed by atoms with van der Waals surface area (Å²) in [5.74, 6) is -7.58. The number of nitrogens with zero attached hydrogens (tertiary/aromatic N) is 1. The molecule has 0 spiro atoms. The molecular weight excluding hydrogens is 678 g/mol. The Bertz CT molecular complexity index is 1280. The molecule has 1 rings (SSSR count). The van der Waals surface area contributed by atoms with Crippen molar-refractivity contribution in [3.8, 4) is 0 Å². The number of carboxylic acid groups (broad SMARTS) is 2. The normalized spacial score (nSPS) is 18.3. The van der Waals surface area contributed by atoms with Crippen molar-refractivity contribution in [1.82, 2.24) is 31.5 Å². The van der Waals surface area contributed by atoms with Crippen LogP contribution in [0.4, 0.5) is 0 Å². The van der Waals surface area contributed by atoms with Crippen LogP contribution < -0.4 is 32.3 Å². The molecule has 0 aromatic rings. The zero-order chi connectivity index (χ0) is 39.9. The molecule has 17 nitrogen and oxygen atoms in total. The molecule has 0 saturated carbocycles. The van der Waals surface area contributed by atoms with Gasteiger partial charge in [0.25, 0.3) is 0 Å². The molecule has 52 heavy (non-hydrogen) atoms. The predicted molar refractivity (Wildman–Crippen MR) is 191 cm³/mol. The number of rotatable bonds is 22. The lowest BCUT2D eigenvalue weighted by Gasteiger charge is -2.31. The highest BCUT2D eigenvalue weighted by Gasteiger charge is 2.39. The standard InChI is InChI=1S/C35H61N7O10/c1-9-20(7)28(41-30(46)22(36)14-18(3)4)33(49)38-23(16-27(44)45)31(47)39-24(15-19(5)6)34(50)42-13-11-12-25(42)32(48)37-17-26(43)40-29(35(51)52)21(8)10-2/h18-25,28-29H,9-17,36H2,1-8H3,(H,37,48)(H,38,49)(H,39,47)(H,40,43)(H,41,46)(H,44,45)(H,51,52)/t20-,21-,22-,23-,24-,25-,28-,29-/m0/s1. The lowest BCUT2D eigenvalue weighted by molar-refractivity contribution is -0.144. The van der Waals surface area contributed by atoms with Crippen molar-refractivity contribution in [3.63, 3.8) is 0 Å². The molecule has 296 valence electrons. The van der Waals surface area contributed by atoms with Gasteiger partial charge in [0.15, 0.2) is 0 Å². The van der Waals surface area contributed by atoms with Crippen LogP contribution >= 0.6 is 0 Å². The molecule has 1 aliphatic rings. The third-order valence-electron chi connectivity index (χ3n) is 9.25. The van der Waals surface area contributed by atoms with Gasteiger partial charge in [0, 0.05) is 6.54 Å². The lowest BCUT2D eigenvalue weighted by atomic mass is 9.96. The van der Waals surface area contributed by atoms with Crippen LogP contribution in [0.2, 0.25) is 0 Å². The molecule has 0 aromatic heterocycles. The van der Waals surface area contributed by atoms with Crippen LogP contribution in [0.1, 0.15) is 100 Å². The largest absolute Gasteiger partial charge is 0.481 e. The summed E-state index contributed by atoms with van der Waals surface area (Å²) in [6.07, 6.45) is 1.37. The van der Waals surface area contributed by atoms with E-state index in [-0.39, 0.29) is 37.1 Å². The second kappa shape index (κ2) is 21.9. The number of carbonyl (C=O) groups is 8. The van der Waals surface area contributed by atoms with Crippen molar-refractivity contribution in [2.75, 3.05) is 13.1 Å². The quantitative estimate of drug-likeness (QED) is 0.0738. The van der Waals surface area contributed by atoms with E-state index in [4.69, 9.17) is 5.73 Å². The molecular formula is C35H61N7O10. The van der Waals surface area contributed by atoms with Crippen LogP contribution in [0, 0.1) is 23.7 Å². The van der Waals surface area contributed by atoms with Crippen LogP contribution in [0.5, 0.6) is 0 Å². The second-order valence-electron chi connectivity index (χ2n) is 14.6. The fourth-order valence-electron chi connectivity index (χ4n) is 5.88. The molecule has 9 N–H and O–H groups in total. The third-order valence-corrected chi connectivity index (χ3v) is 9.25. The van der Waals surface area contributed by atoms with E-state index in [1.54, 1.807) is 27.7 Å². The summed E-state index contributed by atoms with van der Waals surface area (Å²) in [5, 5.41) is 31.6. The fourth-order valence-corrected chi connectivity index (χ4v) is 5.88. The van der Waals surface area contributed by atoms with Crippen LogP contribution in [-0.2, 0) is 38.4 Å². The second-order valence-corrected chi connectivity index (χ2v) is 14.6. The van der Waals surface area contributed by atoms with E-state index in [2.05, 4.69) is 26.6 Å². The summed E-state index contributed by atoms with van der Waals surface area (Å²) in [6.45, 7) is 14.1. The number of nitrogens with one attached hydrogen (secondary N) is 5. The van der Waals surface area contributed by atoms with Gasteiger partial charge in [-0.2, -0.15) is 0 Å². The highest BCUT2D eigenvalue weighted by Crippen LogP contribution is 2.21. The maximum Gasteiger partial charge on any atom is 0.326 e. The lowest BCUT2D eigenvalue weighted by Crippen LogP contribution is -2.60. The smallest absolute Gasteiger partial charge is 0.326 e. The van der Waals surface area contributed by atoms with E-state index in [1.165, 1.54) is 4.90 Å². The number of hydrogen-bond acceptors (Lipinski definition) is 9. The Kier molecular flexibility index (Phi) is 19.3. The van der Waals surface area contributed by atoms with E-state index in [0.29, 0.717) is 25.7 Å². The van der Waals surface area contributed by atoms with Gasteiger partial charge in [0.05, 0.1) is 19.0 Å². The van der Waals surface area contributed by atoms with Crippen molar-refractivity contribution >= 4 is 47.4 Å². The van der Waals surface area contributed by atoms with Gasteiger partial charge in [-0.1, -0.05) is 68.2 Å². The first-order valence-electron chi connectivity index (χ1n) is 18.2. The number of amides is 6.